The Kier molecular flexibility index (Phi) is 3.73. The molecule has 0 spiro atoms. The van der Waals surface area contributed by atoms with Crippen molar-refractivity contribution in [3.8, 4) is 0 Å². The van der Waals surface area contributed by atoms with Crippen LogP contribution in [0.2, 0.25) is 5.15 Å². The van der Waals surface area contributed by atoms with Gasteiger partial charge < -0.3 is 9.64 Å². The number of nitrogens with zero attached hydrogens (tertiary/aromatic N) is 3. The number of likely N-dealkylation sites (tertiary alicyclic amines) is 1. The highest BCUT2D eigenvalue weighted by Crippen LogP contribution is 2.38. The van der Waals surface area contributed by atoms with Crippen LogP contribution in [0.5, 0.6) is 0 Å². The summed E-state index contributed by atoms with van der Waals surface area (Å²) in [6.45, 7) is 3.43. The predicted octanol–water partition coefficient (Wildman–Crippen LogP) is 2.22. The second-order valence-electron chi connectivity index (χ2n) is 5.60. The fourth-order valence-electron chi connectivity index (χ4n) is 3.31. The lowest BCUT2D eigenvalue weighted by molar-refractivity contribution is -0.141. The van der Waals surface area contributed by atoms with E-state index in [1.165, 1.54) is 0 Å². The molecular weight excluding hydrogens is 278 g/mol. The highest BCUT2D eigenvalue weighted by atomic mass is 35.5. The van der Waals surface area contributed by atoms with Gasteiger partial charge in [0.1, 0.15) is 11.3 Å². The summed E-state index contributed by atoms with van der Waals surface area (Å²) >= 11 is 6.36. The Morgan fingerprint density at radius 3 is 2.80 bits per heavy atom. The number of amides is 1. The average molecular weight is 298 g/mol. The van der Waals surface area contributed by atoms with E-state index in [9.17, 15) is 4.79 Å². The lowest BCUT2D eigenvalue weighted by atomic mass is 10.1. The van der Waals surface area contributed by atoms with Crippen LogP contribution in [-0.2, 0) is 16.6 Å². The normalized spacial score (nSPS) is 26.4. The van der Waals surface area contributed by atoms with Gasteiger partial charge in [0.2, 0.25) is 0 Å². The summed E-state index contributed by atoms with van der Waals surface area (Å²) < 4.78 is 7.21. The van der Waals surface area contributed by atoms with Crippen LogP contribution >= 0.6 is 11.6 Å². The van der Waals surface area contributed by atoms with E-state index in [0.29, 0.717) is 11.8 Å². The van der Waals surface area contributed by atoms with Crippen LogP contribution in [0.15, 0.2) is 0 Å². The van der Waals surface area contributed by atoms with Crippen molar-refractivity contribution in [2.24, 2.45) is 7.05 Å². The van der Waals surface area contributed by atoms with Gasteiger partial charge in [0.15, 0.2) is 0 Å². The third-order valence-electron chi connectivity index (χ3n) is 4.27. The van der Waals surface area contributed by atoms with Crippen LogP contribution in [0.3, 0.4) is 0 Å². The number of hydrogen-bond donors (Lipinski definition) is 0. The maximum Gasteiger partial charge on any atom is 0.252 e. The Bertz CT molecular complexity index is 523. The van der Waals surface area contributed by atoms with Crippen LogP contribution in [-0.4, -0.2) is 39.8 Å². The standard InChI is InChI=1S/C14H20ClN3O2/c1-9-12(13(15)17(2)16-9)10-5-3-7-18(10)14(19)11-6-4-8-20-11/h10-11H,3-8H2,1-2H3. The molecule has 3 rings (SSSR count). The SMILES string of the molecule is Cc1nn(C)c(Cl)c1C1CCCN1C(=O)C1CCCO1. The minimum Gasteiger partial charge on any atom is -0.368 e. The number of hydrogen-bond acceptors (Lipinski definition) is 3. The molecule has 0 saturated carbocycles. The van der Waals surface area contributed by atoms with Gasteiger partial charge in [-0.2, -0.15) is 5.10 Å². The molecule has 0 aromatic carbocycles. The monoisotopic (exact) mass is 297 g/mol. The van der Waals surface area contributed by atoms with Gasteiger partial charge in [-0.1, -0.05) is 11.6 Å². The molecule has 20 heavy (non-hydrogen) atoms. The molecule has 0 bridgehead atoms. The first-order valence-corrected chi connectivity index (χ1v) is 7.58. The van der Waals surface area contributed by atoms with Crippen molar-refractivity contribution < 1.29 is 9.53 Å². The Labute approximate surface area is 123 Å². The fourth-order valence-corrected chi connectivity index (χ4v) is 3.61. The molecule has 2 aliphatic heterocycles. The van der Waals surface area contributed by atoms with Crippen molar-refractivity contribution in [2.75, 3.05) is 13.2 Å². The van der Waals surface area contributed by atoms with Gasteiger partial charge in [-0.25, -0.2) is 0 Å². The summed E-state index contributed by atoms with van der Waals surface area (Å²) in [5.41, 5.74) is 1.91. The smallest absolute Gasteiger partial charge is 0.252 e. The Hall–Kier alpha value is -1.07. The lowest BCUT2D eigenvalue weighted by Crippen LogP contribution is -2.38. The van der Waals surface area contributed by atoms with Crippen molar-refractivity contribution in [2.45, 2.75) is 44.8 Å². The molecule has 1 amide bonds. The summed E-state index contributed by atoms with van der Waals surface area (Å²) in [7, 11) is 1.83. The van der Waals surface area contributed by atoms with Gasteiger partial charge >= 0.3 is 0 Å². The van der Waals surface area contributed by atoms with Crippen LogP contribution in [0.25, 0.3) is 0 Å². The second kappa shape index (κ2) is 5.37. The summed E-state index contributed by atoms with van der Waals surface area (Å²) in [5, 5.41) is 5.00. The maximum atomic E-state index is 12.6. The Balaban J connectivity index is 1.86. The van der Waals surface area contributed by atoms with E-state index in [0.717, 1.165) is 43.5 Å². The molecule has 0 radical (unpaired) electrons. The lowest BCUT2D eigenvalue weighted by Gasteiger charge is -2.27. The first kappa shape index (κ1) is 13.9. The molecule has 5 nitrogen and oxygen atoms in total. The minimum atomic E-state index is -0.258. The van der Waals surface area contributed by atoms with Gasteiger partial charge in [0.05, 0.1) is 11.7 Å². The molecule has 2 unspecified atom stereocenters. The predicted molar refractivity (Wildman–Crippen MR) is 75.6 cm³/mol. The van der Waals surface area contributed by atoms with E-state index < -0.39 is 0 Å². The summed E-state index contributed by atoms with van der Waals surface area (Å²) in [4.78, 5) is 14.5. The van der Waals surface area contributed by atoms with Crippen LogP contribution < -0.4 is 0 Å². The average Bonchev–Trinajstić information content (AvgIpc) is 3.12. The van der Waals surface area contributed by atoms with Gasteiger partial charge in [0, 0.05) is 25.8 Å². The molecule has 110 valence electrons. The minimum absolute atomic E-state index is 0.0490. The quantitative estimate of drug-likeness (QED) is 0.841. The molecular formula is C14H20ClN3O2. The third kappa shape index (κ3) is 2.23. The van der Waals surface area contributed by atoms with Crippen molar-refractivity contribution in [3.05, 3.63) is 16.4 Å². The van der Waals surface area contributed by atoms with Crippen molar-refractivity contribution in [3.63, 3.8) is 0 Å². The van der Waals surface area contributed by atoms with Gasteiger partial charge in [-0.15, -0.1) is 0 Å². The van der Waals surface area contributed by atoms with E-state index >= 15 is 0 Å². The summed E-state index contributed by atoms with van der Waals surface area (Å²) in [6.07, 6.45) is 3.51. The van der Waals surface area contributed by atoms with E-state index in [-0.39, 0.29) is 18.1 Å². The summed E-state index contributed by atoms with van der Waals surface area (Å²) in [5.74, 6) is 0.115. The molecule has 1 aromatic rings. The number of aromatic nitrogens is 2. The zero-order valence-electron chi connectivity index (χ0n) is 11.9. The van der Waals surface area contributed by atoms with Gasteiger partial charge in [-0.05, 0) is 32.6 Å². The molecule has 1 aromatic heterocycles. The van der Waals surface area contributed by atoms with Crippen LogP contribution in [0, 0.1) is 6.92 Å². The molecule has 2 fully saturated rings. The highest BCUT2D eigenvalue weighted by Gasteiger charge is 2.38. The van der Waals surface area contributed by atoms with E-state index in [1.807, 2.05) is 18.9 Å². The topological polar surface area (TPSA) is 47.4 Å². The number of ether oxygens (including phenoxy) is 1. The van der Waals surface area contributed by atoms with Crippen molar-refractivity contribution in [1.82, 2.24) is 14.7 Å². The molecule has 0 N–H and O–H groups in total. The maximum absolute atomic E-state index is 12.6. The number of rotatable bonds is 2. The zero-order valence-corrected chi connectivity index (χ0v) is 12.7. The van der Waals surface area contributed by atoms with E-state index in [1.54, 1.807) is 4.68 Å². The largest absolute Gasteiger partial charge is 0.368 e. The number of aryl methyl sites for hydroxylation is 2. The molecule has 3 heterocycles. The third-order valence-corrected chi connectivity index (χ3v) is 4.72. The van der Waals surface area contributed by atoms with Crippen LogP contribution in [0.1, 0.15) is 43.0 Å². The molecule has 2 aliphatic rings. The number of carbonyl (C=O) groups is 1. The first-order chi connectivity index (χ1) is 9.59. The Morgan fingerprint density at radius 2 is 2.20 bits per heavy atom. The highest BCUT2D eigenvalue weighted by molar-refractivity contribution is 6.30. The summed E-state index contributed by atoms with van der Waals surface area (Å²) in [6, 6.07) is 0.0490. The van der Waals surface area contributed by atoms with E-state index in [2.05, 4.69) is 5.10 Å². The van der Waals surface area contributed by atoms with E-state index in [4.69, 9.17) is 16.3 Å². The number of carbonyl (C=O) groups excluding carboxylic acids is 1. The van der Waals surface area contributed by atoms with Gasteiger partial charge in [0.25, 0.3) is 5.91 Å². The fraction of sp³-hybridized carbons (Fsp3) is 0.714. The molecule has 2 saturated heterocycles. The molecule has 0 aliphatic carbocycles. The first-order valence-electron chi connectivity index (χ1n) is 7.20. The molecule has 6 heteroatoms. The van der Waals surface area contributed by atoms with Crippen molar-refractivity contribution in [1.29, 1.82) is 0 Å². The number of halogens is 1. The van der Waals surface area contributed by atoms with Crippen molar-refractivity contribution >= 4 is 17.5 Å². The van der Waals surface area contributed by atoms with Gasteiger partial charge in [-0.3, -0.25) is 9.48 Å². The second-order valence-corrected chi connectivity index (χ2v) is 5.96. The molecule has 2 atom stereocenters. The Morgan fingerprint density at radius 1 is 1.40 bits per heavy atom. The van der Waals surface area contributed by atoms with Crippen LogP contribution in [0.4, 0.5) is 0 Å². The zero-order chi connectivity index (χ0) is 14.3.